The number of rotatable bonds is 2. The van der Waals surface area contributed by atoms with Crippen LogP contribution >= 0.6 is 11.6 Å². The second-order valence-corrected chi connectivity index (χ2v) is 5.47. The predicted molar refractivity (Wildman–Crippen MR) is 77.4 cm³/mol. The van der Waals surface area contributed by atoms with Crippen molar-refractivity contribution in [2.45, 2.75) is 38.6 Å². The molecule has 1 aliphatic rings. The molecule has 1 heterocycles. The summed E-state index contributed by atoms with van der Waals surface area (Å²) in [6.07, 6.45) is 7.03. The standard InChI is InChI=1S/C15H17ClN2/c1-10-8-13-11(6-7-17-15(13)16)9-14(10)18-12-4-2-3-5-12/h6-9,12,18H,2-5H2,1H3. The van der Waals surface area contributed by atoms with Crippen LogP contribution in [-0.4, -0.2) is 11.0 Å². The molecule has 0 atom stereocenters. The van der Waals surface area contributed by atoms with Crippen LogP contribution in [0.2, 0.25) is 5.15 Å². The van der Waals surface area contributed by atoms with E-state index >= 15 is 0 Å². The molecular weight excluding hydrogens is 244 g/mol. The van der Waals surface area contributed by atoms with Crippen LogP contribution in [-0.2, 0) is 0 Å². The van der Waals surface area contributed by atoms with E-state index in [-0.39, 0.29) is 0 Å². The lowest BCUT2D eigenvalue weighted by molar-refractivity contribution is 0.755. The van der Waals surface area contributed by atoms with Gasteiger partial charge in [-0.3, -0.25) is 0 Å². The number of aryl methyl sites for hydroxylation is 1. The van der Waals surface area contributed by atoms with E-state index in [1.807, 2.05) is 6.07 Å². The Morgan fingerprint density at radius 1 is 1.28 bits per heavy atom. The predicted octanol–water partition coefficient (Wildman–Crippen LogP) is 4.55. The van der Waals surface area contributed by atoms with Gasteiger partial charge < -0.3 is 5.32 Å². The van der Waals surface area contributed by atoms with Crippen LogP contribution in [0, 0.1) is 6.92 Å². The Morgan fingerprint density at radius 3 is 2.83 bits per heavy atom. The summed E-state index contributed by atoms with van der Waals surface area (Å²) in [4.78, 5) is 4.13. The molecule has 0 spiro atoms. The molecule has 0 bridgehead atoms. The van der Waals surface area contributed by atoms with Crippen LogP contribution < -0.4 is 5.32 Å². The highest BCUT2D eigenvalue weighted by molar-refractivity contribution is 6.34. The number of nitrogens with zero attached hydrogens (tertiary/aromatic N) is 1. The van der Waals surface area contributed by atoms with Crippen LogP contribution in [0.3, 0.4) is 0 Å². The molecule has 1 aromatic carbocycles. The van der Waals surface area contributed by atoms with Gasteiger partial charge in [0.15, 0.2) is 0 Å². The molecule has 0 amide bonds. The van der Waals surface area contributed by atoms with E-state index in [2.05, 4.69) is 29.4 Å². The summed E-state index contributed by atoms with van der Waals surface area (Å²) in [5.74, 6) is 0. The van der Waals surface area contributed by atoms with Crippen LogP contribution in [0.25, 0.3) is 10.8 Å². The molecule has 1 aliphatic carbocycles. The first-order valence-electron chi connectivity index (χ1n) is 6.55. The molecule has 0 radical (unpaired) electrons. The van der Waals surface area contributed by atoms with Crippen LogP contribution in [0.15, 0.2) is 24.4 Å². The van der Waals surface area contributed by atoms with Crippen LogP contribution in [0.4, 0.5) is 5.69 Å². The molecule has 1 N–H and O–H groups in total. The van der Waals surface area contributed by atoms with Gasteiger partial charge >= 0.3 is 0 Å². The Labute approximate surface area is 112 Å². The molecule has 0 saturated heterocycles. The van der Waals surface area contributed by atoms with E-state index in [1.54, 1.807) is 6.20 Å². The Bertz CT molecular complexity index is 574. The third-order valence-corrected chi connectivity index (χ3v) is 4.08. The van der Waals surface area contributed by atoms with Crippen molar-refractivity contribution in [1.29, 1.82) is 0 Å². The highest BCUT2D eigenvalue weighted by Gasteiger charge is 2.15. The van der Waals surface area contributed by atoms with Gasteiger partial charge in [0.05, 0.1) is 0 Å². The summed E-state index contributed by atoms with van der Waals surface area (Å²) in [5, 5.41) is 6.43. The van der Waals surface area contributed by atoms with Crippen LogP contribution in [0.1, 0.15) is 31.2 Å². The van der Waals surface area contributed by atoms with Gasteiger partial charge in [0.25, 0.3) is 0 Å². The van der Waals surface area contributed by atoms with E-state index in [1.165, 1.54) is 36.9 Å². The number of nitrogens with one attached hydrogen (secondary N) is 1. The van der Waals surface area contributed by atoms with Gasteiger partial charge in [-0.1, -0.05) is 24.4 Å². The van der Waals surface area contributed by atoms with Gasteiger partial charge in [-0.05, 0) is 48.9 Å². The summed E-state index contributed by atoms with van der Waals surface area (Å²) in [7, 11) is 0. The number of anilines is 1. The van der Waals surface area contributed by atoms with Crippen molar-refractivity contribution < 1.29 is 0 Å². The molecule has 0 unspecified atom stereocenters. The Kier molecular flexibility index (Phi) is 3.13. The monoisotopic (exact) mass is 260 g/mol. The molecule has 2 nitrogen and oxygen atoms in total. The van der Waals surface area contributed by atoms with Gasteiger partial charge in [0.2, 0.25) is 0 Å². The minimum atomic E-state index is 0.586. The normalized spacial score (nSPS) is 16.3. The van der Waals surface area contributed by atoms with Crippen molar-refractivity contribution in [3.05, 3.63) is 35.1 Å². The van der Waals surface area contributed by atoms with Gasteiger partial charge in [-0.25, -0.2) is 4.98 Å². The molecule has 3 rings (SSSR count). The van der Waals surface area contributed by atoms with Crippen molar-refractivity contribution in [1.82, 2.24) is 4.98 Å². The smallest absolute Gasteiger partial charge is 0.136 e. The lowest BCUT2D eigenvalue weighted by Gasteiger charge is -2.16. The first-order chi connectivity index (χ1) is 8.74. The number of hydrogen-bond acceptors (Lipinski definition) is 2. The average molecular weight is 261 g/mol. The maximum absolute atomic E-state index is 6.12. The number of pyridine rings is 1. The van der Waals surface area contributed by atoms with E-state index in [4.69, 9.17) is 11.6 Å². The van der Waals surface area contributed by atoms with Crippen LogP contribution in [0.5, 0.6) is 0 Å². The van der Waals surface area contributed by atoms with Crippen molar-refractivity contribution in [2.24, 2.45) is 0 Å². The number of aromatic nitrogens is 1. The summed E-state index contributed by atoms with van der Waals surface area (Å²) in [6, 6.07) is 6.97. The Morgan fingerprint density at radius 2 is 2.06 bits per heavy atom. The van der Waals surface area contributed by atoms with Crippen molar-refractivity contribution >= 4 is 28.1 Å². The summed E-state index contributed by atoms with van der Waals surface area (Å²) < 4.78 is 0. The summed E-state index contributed by atoms with van der Waals surface area (Å²) >= 11 is 6.12. The highest BCUT2D eigenvalue weighted by atomic mass is 35.5. The van der Waals surface area contributed by atoms with Crippen molar-refractivity contribution in [2.75, 3.05) is 5.32 Å². The second-order valence-electron chi connectivity index (χ2n) is 5.12. The van der Waals surface area contributed by atoms with E-state index in [9.17, 15) is 0 Å². The van der Waals surface area contributed by atoms with Crippen molar-refractivity contribution in [3.63, 3.8) is 0 Å². The molecule has 18 heavy (non-hydrogen) atoms. The lowest BCUT2D eigenvalue weighted by atomic mass is 10.1. The van der Waals surface area contributed by atoms with Gasteiger partial charge in [-0.15, -0.1) is 0 Å². The zero-order chi connectivity index (χ0) is 12.5. The first kappa shape index (κ1) is 11.8. The fourth-order valence-corrected chi connectivity index (χ4v) is 2.96. The minimum Gasteiger partial charge on any atom is -0.382 e. The fraction of sp³-hybridized carbons (Fsp3) is 0.400. The Balaban J connectivity index is 1.99. The first-order valence-corrected chi connectivity index (χ1v) is 6.93. The SMILES string of the molecule is Cc1cc2c(Cl)nccc2cc1NC1CCCC1. The van der Waals surface area contributed by atoms with Gasteiger partial charge in [-0.2, -0.15) is 0 Å². The molecule has 2 aromatic rings. The van der Waals surface area contributed by atoms with Gasteiger partial charge in [0.1, 0.15) is 5.15 Å². The van der Waals surface area contributed by atoms with Gasteiger partial charge in [0, 0.05) is 23.3 Å². The minimum absolute atomic E-state index is 0.586. The quantitative estimate of drug-likeness (QED) is 0.801. The zero-order valence-electron chi connectivity index (χ0n) is 10.5. The molecule has 3 heteroatoms. The molecule has 1 aromatic heterocycles. The van der Waals surface area contributed by atoms with Crippen molar-refractivity contribution in [3.8, 4) is 0 Å². The maximum Gasteiger partial charge on any atom is 0.136 e. The topological polar surface area (TPSA) is 24.9 Å². The second kappa shape index (κ2) is 4.77. The third kappa shape index (κ3) is 2.17. The number of halogens is 1. The number of benzene rings is 1. The highest BCUT2D eigenvalue weighted by Crippen LogP contribution is 2.30. The van der Waals surface area contributed by atoms with E-state index in [0.717, 1.165) is 10.8 Å². The summed E-state index contributed by atoms with van der Waals surface area (Å²) in [6.45, 7) is 2.13. The largest absolute Gasteiger partial charge is 0.382 e. The van der Waals surface area contributed by atoms with E-state index in [0.29, 0.717) is 11.2 Å². The number of fused-ring (bicyclic) bond motifs is 1. The average Bonchev–Trinajstić information content (AvgIpc) is 2.84. The molecule has 94 valence electrons. The lowest BCUT2D eigenvalue weighted by Crippen LogP contribution is -2.15. The fourth-order valence-electron chi connectivity index (χ4n) is 2.74. The number of hydrogen-bond donors (Lipinski definition) is 1. The zero-order valence-corrected chi connectivity index (χ0v) is 11.3. The Hall–Kier alpha value is -1.28. The molecule has 1 saturated carbocycles. The maximum atomic E-state index is 6.12. The van der Waals surface area contributed by atoms with E-state index < -0.39 is 0 Å². The third-order valence-electron chi connectivity index (χ3n) is 3.78. The molecule has 0 aliphatic heterocycles. The summed E-state index contributed by atoms with van der Waals surface area (Å²) in [5.41, 5.74) is 2.47. The molecule has 1 fully saturated rings. The molecular formula is C15H17ClN2.